The fraction of sp³-hybridized carbons (Fsp3) is 0.235. The van der Waals surface area contributed by atoms with Crippen LogP contribution in [0.4, 0.5) is 13.2 Å². The van der Waals surface area contributed by atoms with Gasteiger partial charge in [0.2, 0.25) is 0 Å². The molecule has 1 N–H and O–H groups in total. The van der Waals surface area contributed by atoms with Crippen LogP contribution < -0.4 is 14.8 Å². The fourth-order valence-electron chi connectivity index (χ4n) is 1.96. The van der Waals surface area contributed by atoms with Gasteiger partial charge in [0, 0.05) is 12.1 Å². The third-order valence-corrected chi connectivity index (χ3v) is 3.08. The predicted molar refractivity (Wildman–Crippen MR) is 81.5 cm³/mol. The average molecular weight is 339 g/mol. The summed E-state index contributed by atoms with van der Waals surface area (Å²) in [5.74, 6) is -0.261. The average Bonchev–Trinajstić information content (AvgIpc) is 2.53. The Morgan fingerprint density at radius 2 is 1.71 bits per heavy atom. The van der Waals surface area contributed by atoms with E-state index in [-0.39, 0.29) is 17.9 Å². The van der Waals surface area contributed by atoms with Crippen LogP contribution in [-0.4, -0.2) is 18.4 Å². The zero-order valence-electron chi connectivity index (χ0n) is 12.8. The van der Waals surface area contributed by atoms with Gasteiger partial charge in [0.1, 0.15) is 11.5 Å². The summed E-state index contributed by atoms with van der Waals surface area (Å²) in [6.07, 6.45) is -5.58. The van der Waals surface area contributed by atoms with Crippen LogP contribution in [0.15, 0.2) is 54.6 Å². The first-order valence-corrected chi connectivity index (χ1v) is 7.18. The smallest absolute Gasteiger partial charge is 0.481 e. The molecule has 0 aliphatic heterocycles. The van der Waals surface area contributed by atoms with Gasteiger partial charge in [0.15, 0.2) is 6.10 Å². The number of nitrogens with one attached hydrogen (secondary N) is 1. The number of benzene rings is 2. The molecule has 7 heteroatoms. The quantitative estimate of drug-likeness (QED) is 0.874. The van der Waals surface area contributed by atoms with Crippen molar-refractivity contribution in [1.82, 2.24) is 5.32 Å². The van der Waals surface area contributed by atoms with Gasteiger partial charge < -0.3 is 14.8 Å². The highest BCUT2D eigenvalue weighted by Crippen LogP contribution is 2.26. The van der Waals surface area contributed by atoms with Crippen molar-refractivity contribution < 1.29 is 27.4 Å². The van der Waals surface area contributed by atoms with Gasteiger partial charge in [-0.2, -0.15) is 0 Å². The van der Waals surface area contributed by atoms with Crippen molar-refractivity contribution in [3.05, 3.63) is 60.2 Å². The zero-order valence-corrected chi connectivity index (χ0v) is 12.8. The second-order valence-corrected chi connectivity index (χ2v) is 4.95. The van der Waals surface area contributed by atoms with Crippen LogP contribution in [0.1, 0.15) is 12.5 Å². The third kappa shape index (κ3) is 5.49. The van der Waals surface area contributed by atoms with Gasteiger partial charge in [0.25, 0.3) is 5.91 Å². The molecule has 0 heterocycles. The van der Waals surface area contributed by atoms with Gasteiger partial charge in [0.05, 0.1) is 0 Å². The van der Waals surface area contributed by atoms with Gasteiger partial charge >= 0.3 is 6.36 Å². The van der Waals surface area contributed by atoms with E-state index in [1.807, 2.05) is 6.07 Å². The summed E-state index contributed by atoms with van der Waals surface area (Å²) in [4.78, 5) is 12.0. The number of halogens is 3. The predicted octanol–water partition coefficient (Wildman–Crippen LogP) is 3.67. The van der Waals surface area contributed by atoms with Crippen molar-refractivity contribution in [1.29, 1.82) is 0 Å². The van der Waals surface area contributed by atoms with E-state index in [0.29, 0.717) is 5.75 Å². The molecule has 0 fully saturated rings. The van der Waals surface area contributed by atoms with Crippen molar-refractivity contribution >= 4 is 5.91 Å². The summed E-state index contributed by atoms with van der Waals surface area (Å²) >= 11 is 0. The zero-order chi connectivity index (χ0) is 17.6. The Morgan fingerprint density at radius 1 is 1.08 bits per heavy atom. The van der Waals surface area contributed by atoms with Crippen LogP contribution in [0.25, 0.3) is 0 Å². The Labute approximate surface area is 137 Å². The number of hydrogen-bond acceptors (Lipinski definition) is 3. The summed E-state index contributed by atoms with van der Waals surface area (Å²) in [5.41, 5.74) is 0.218. The summed E-state index contributed by atoms with van der Waals surface area (Å²) in [6, 6.07) is 14.4. The molecule has 0 saturated carbocycles. The molecule has 2 aromatic rings. The van der Waals surface area contributed by atoms with E-state index in [9.17, 15) is 18.0 Å². The molecule has 0 radical (unpaired) electrons. The molecule has 1 amide bonds. The standard InChI is InChI=1S/C17H16F3NO3/c1-12(23-14-8-3-2-4-9-14)16(22)21-11-13-7-5-6-10-15(13)24-17(18,19)20/h2-10,12H,11H2,1H3,(H,21,22). The Bertz CT molecular complexity index is 674. The van der Waals surface area contributed by atoms with Crippen molar-refractivity contribution in [3.63, 3.8) is 0 Å². The monoisotopic (exact) mass is 339 g/mol. The van der Waals surface area contributed by atoms with E-state index in [2.05, 4.69) is 10.1 Å². The largest absolute Gasteiger partial charge is 0.573 e. The lowest BCUT2D eigenvalue weighted by molar-refractivity contribution is -0.274. The van der Waals surface area contributed by atoms with E-state index in [1.165, 1.54) is 18.2 Å². The number of ether oxygens (including phenoxy) is 2. The molecular weight excluding hydrogens is 323 g/mol. The van der Waals surface area contributed by atoms with Crippen molar-refractivity contribution in [2.45, 2.75) is 25.9 Å². The van der Waals surface area contributed by atoms with Gasteiger partial charge in [-0.3, -0.25) is 4.79 Å². The van der Waals surface area contributed by atoms with Crippen LogP contribution in [0.5, 0.6) is 11.5 Å². The highest BCUT2D eigenvalue weighted by Gasteiger charge is 2.32. The van der Waals surface area contributed by atoms with E-state index < -0.39 is 18.4 Å². The van der Waals surface area contributed by atoms with Gasteiger partial charge in [-0.05, 0) is 25.1 Å². The van der Waals surface area contributed by atoms with Crippen molar-refractivity contribution in [3.8, 4) is 11.5 Å². The molecule has 2 aromatic carbocycles. The number of para-hydroxylation sites is 2. The maximum absolute atomic E-state index is 12.4. The first-order valence-electron chi connectivity index (χ1n) is 7.18. The lowest BCUT2D eigenvalue weighted by atomic mass is 10.2. The van der Waals surface area contributed by atoms with Crippen LogP contribution >= 0.6 is 0 Å². The molecule has 2 rings (SSSR count). The second-order valence-electron chi connectivity index (χ2n) is 4.95. The summed E-state index contributed by atoms with van der Waals surface area (Å²) in [5, 5.41) is 2.53. The first kappa shape index (κ1) is 17.7. The van der Waals surface area contributed by atoms with Crippen LogP contribution in [-0.2, 0) is 11.3 Å². The molecule has 0 aliphatic carbocycles. The molecule has 0 aromatic heterocycles. The van der Waals surface area contributed by atoms with Gasteiger partial charge in [-0.15, -0.1) is 13.2 Å². The maximum Gasteiger partial charge on any atom is 0.573 e. The Hall–Kier alpha value is -2.70. The topological polar surface area (TPSA) is 47.6 Å². The SMILES string of the molecule is CC(Oc1ccccc1)C(=O)NCc1ccccc1OC(F)(F)F. The number of rotatable bonds is 6. The first-order chi connectivity index (χ1) is 11.3. The number of hydrogen-bond donors (Lipinski definition) is 1. The lowest BCUT2D eigenvalue weighted by Gasteiger charge is -2.16. The molecule has 24 heavy (non-hydrogen) atoms. The molecule has 4 nitrogen and oxygen atoms in total. The van der Waals surface area contributed by atoms with E-state index in [1.54, 1.807) is 37.3 Å². The highest BCUT2D eigenvalue weighted by atomic mass is 19.4. The molecule has 0 aliphatic rings. The van der Waals surface area contributed by atoms with Crippen molar-refractivity contribution in [2.24, 2.45) is 0 Å². The Kier molecular flexibility index (Phi) is 5.68. The van der Waals surface area contributed by atoms with Crippen LogP contribution in [0, 0.1) is 0 Å². The summed E-state index contributed by atoms with van der Waals surface area (Å²) < 4.78 is 46.5. The number of carbonyl (C=O) groups is 1. The number of amides is 1. The summed E-state index contributed by atoms with van der Waals surface area (Å²) in [7, 11) is 0. The number of carbonyl (C=O) groups excluding carboxylic acids is 1. The lowest BCUT2D eigenvalue weighted by Crippen LogP contribution is -2.36. The fourth-order valence-corrected chi connectivity index (χ4v) is 1.96. The minimum atomic E-state index is -4.79. The molecular formula is C17H16F3NO3. The Balaban J connectivity index is 1.94. The van der Waals surface area contributed by atoms with Crippen LogP contribution in [0.3, 0.4) is 0 Å². The van der Waals surface area contributed by atoms with Crippen molar-refractivity contribution in [2.75, 3.05) is 0 Å². The minimum absolute atomic E-state index is 0.104. The van der Waals surface area contributed by atoms with E-state index in [0.717, 1.165) is 0 Å². The van der Waals surface area contributed by atoms with E-state index in [4.69, 9.17) is 4.74 Å². The van der Waals surface area contributed by atoms with Crippen LogP contribution in [0.2, 0.25) is 0 Å². The maximum atomic E-state index is 12.4. The molecule has 0 bridgehead atoms. The normalized spacial score (nSPS) is 12.3. The molecule has 1 unspecified atom stereocenters. The molecule has 0 saturated heterocycles. The molecule has 128 valence electrons. The summed E-state index contributed by atoms with van der Waals surface area (Å²) in [6.45, 7) is 1.45. The second kappa shape index (κ2) is 7.72. The number of alkyl halides is 3. The third-order valence-electron chi connectivity index (χ3n) is 3.08. The molecule has 0 spiro atoms. The van der Waals surface area contributed by atoms with Gasteiger partial charge in [-0.25, -0.2) is 0 Å². The van der Waals surface area contributed by atoms with Gasteiger partial charge in [-0.1, -0.05) is 36.4 Å². The van der Waals surface area contributed by atoms with E-state index >= 15 is 0 Å². The minimum Gasteiger partial charge on any atom is -0.481 e. The Morgan fingerprint density at radius 3 is 2.38 bits per heavy atom. The highest BCUT2D eigenvalue weighted by molar-refractivity contribution is 5.80. The molecule has 1 atom stereocenters.